The molecule has 0 atom stereocenters. The third-order valence-electron chi connectivity index (χ3n) is 18.5. The first-order valence-electron chi connectivity index (χ1n) is 29.3. The molecule has 2 aliphatic heterocycles. The van der Waals surface area contributed by atoms with Gasteiger partial charge in [-0.1, -0.05) is 158 Å². The summed E-state index contributed by atoms with van der Waals surface area (Å²) in [6.45, 7) is -0.251. The van der Waals surface area contributed by atoms with Gasteiger partial charge in [0.15, 0.2) is 0 Å². The van der Waals surface area contributed by atoms with Crippen molar-refractivity contribution in [1.29, 1.82) is 0 Å². The molecule has 5 aromatic heterocycles. The third kappa shape index (κ3) is 6.49. The van der Waals surface area contributed by atoms with Crippen molar-refractivity contribution < 1.29 is 8.83 Å². The van der Waals surface area contributed by atoms with E-state index in [-0.39, 0.29) is 6.71 Å². The molecule has 18 aromatic rings. The first-order chi connectivity index (χ1) is 42.6. The highest BCUT2D eigenvalue weighted by Gasteiger charge is 2.46. The van der Waals surface area contributed by atoms with Gasteiger partial charge in [-0.3, -0.25) is 0 Å². The molecule has 2 aliphatic rings. The van der Waals surface area contributed by atoms with Crippen molar-refractivity contribution in [2.75, 3.05) is 9.80 Å². The maximum absolute atomic E-state index is 6.95. The van der Waals surface area contributed by atoms with E-state index in [0.717, 1.165) is 94.7 Å². The summed E-state index contributed by atoms with van der Waals surface area (Å²) in [5.41, 5.74) is 21.8. The molecule has 0 amide bonds. The number of hydrogen-bond donors (Lipinski definition) is 0. The standard InChI is InChI=1S/C78H44BN3O2S2/c1-3-17-45(18-4-1)47-33-35-60-54(37-47)55-38-48(46-19-5-2-6-20-46)34-36-61(55)80(60)49-39-66-78-67(40-49)82(63-26-16-32-75-77(63)53-24-10-14-30-73(53)86-75)65-42-57-51-22-8-12-28-69(51)84-71(57)44-59(65)79(78)58-43-70-56(50-21-7-11-27-68(50)83-70)41-64(58)81(66)62-25-15-31-74-76(62)52-23-9-13-29-72(52)85-74/h1-44H. The van der Waals surface area contributed by atoms with Crippen molar-refractivity contribution in [1.82, 2.24) is 4.57 Å². The first-order valence-corrected chi connectivity index (χ1v) is 31.0. The molecule has 0 spiro atoms. The normalized spacial score (nSPS) is 13.0. The summed E-state index contributed by atoms with van der Waals surface area (Å²) >= 11 is 3.72. The van der Waals surface area contributed by atoms with Crippen molar-refractivity contribution in [2.45, 2.75) is 0 Å². The molecule has 0 bridgehead atoms. The summed E-state index contributed by atoms with van der Waals surface area (Å²) in [6, 6.07) is 99.0. The van der Waals surface area contributed by atoms with Gasteiger partial charge in [0.05, 0.1) is 28.1 Å². The lowest BCUT2D eigenvalue weighted by atomic mass is 9.33. The van der Waals surface area contributed by atoms with Crippen LogP contribution in [0.1, 0.15) is 0 Å². The van der Waals surface area contributed by atoms with Crippen LogP contribution in [0, 0.1) is 0 Å². The largest absolute Gasteiger partial charge is 0.456 e. The summed E-state index contributed by atoms with van der Waals surface area (Å²) in [5.74, 6) is 0. The van der Waals surface area contributed by atoms with Gasteiger partial charge in [0.1, 0.15) is 22.3 Å². The molecule has 398 valence electrons. The van der Waals surface area contributed by atoms with Crippen LogP contribution in [-0.4, -0.2) is 11.3 Å². The number of rotatable bonds is 5. The highest BCUT2D eigenvalue weighted by Crippen LogP contribution is 2.53. The minimum absolute atomic E-state index is 0.251. The Morgan fingerprint density at radius 2 is 0.709 bits per heavy atom. The van der Waals surface area contributed by atoms with E-state index in [0.29, 0.717) is 0 Å². The smallest absolute Gasteiger partial charge is 0.252 e. The SMILES string of the molecule is c1ccc(-c2ccc3c(c2)c2cc(-c4ccccc4)ccc2n3-c2cc3c4c(c2)N(c2cccc5sc6ccccc6c25)c2cc5c(cc2B4c2cc4oc6ccccc6c4cc2N3c2cccc3sc4ccccc4c23)oc2ccccc25)cc1. The quantitative estimate of drug-likeness (QED) is 0.161. The summed E-state index contributed by atoms with van der Waals surface area (Å²) in [4.78, 5) is 5.24. The summed E-state index contributed by atoms with van der Waals surface area (Å²) < 4.78 is 21.5. The summed E-state index contributed by atoms with van der Waals surface area (Å²) in [5, 5.41) is 11.7. The number of hydrogen-bond acceptors (Lipinski definition) is 6. The predicted molar refractivity (Wildman–Crippen MR) is 366 cm³/mol. The van der Waals surface area contributed by atoms with E-state index in [4.69, 9.17) is 8.83 Å². The van der Waals surface area contributed by atoms with Crippen molar-refractivity contribution in [2.24, 2.45) is 0 Å². The maximum atomic E-state index is 6.95. The molecule has 0 aliphatic carbocycles. The van der Waals surface area contributed by atoms with Crippen LogP contribution in [0.25, 0.3) is 134 Å². The molecule has 0 saturated heterocycles. The summed E-state index contributed by atoms with van der Waals surface area (Å²) in [6.07, 6.45) is 0. The average molecular weight is 1130 g/mol. The minimum atomic E-state index is -0.251. The lowest BCUT2D eigenvalue weighted by Gasteiger charge is -2.44. The fourth-order valence-corrected chi connectivity index (χ4v) is 17.1. The van der Waals surface area contributed by atoms with E-state index in [9.17, 15) is 0 Å². The Morgan fingerprint density at radius 3 is 1.20 bits per heavy atom. The lowest BCUT2D eigenvalue weighted by molar-refractivity contribution is 0.669. The second-order valence-corrected chi connectivity index (χ2v) is 25.2. The monoisotopic (exact) mass is 1130 g/mol. The predicted octanol–water partition coefficient (Wildman–Crippen LogP) is 20.7. The van der Waals surface area contributed by atoms with E-state index in [1.54, 1.807) is 0 Å². The van der Waals surface area contributed by atoms with Gasteiger partial charge in [0.2, 0.25) is 0 Å². The molecule has 0 radical (unpaired) electrons. The number of fused-ring (bicyclic) bond motifs is 19. The van der Waals surface area contributed by atoms with Crippen molar-refractivity contribution in [3.05, 3.63) is 267 Å². The fraction of sp³-hybridized carbons (Fsp3) is 0. The average Bonchev–Trinajstić information content (AvgIpc) is 1.03. The molecular formula is C78H44BN3O2S2. The van der Waals surface area contributed by atoms with E-state index in [1.807, 2.05) is 22.7 Å². The number of para-hydroxylation sites is 2. The molecule has 20 rings (SSSR count). The minimum Gasteiger partial charge on any atom is -0.456 e. The number of furan rings is 2. The third-order valence-corrected chi connectivity index (χ3v) is 20.8. The Hall–Kier alpha value is -10.6. The van der Waals surface area contributed by atoms with Gasteiger partial charge in [-0.2, -0.15) is 0 Å². The number of thiophene rings is 2. The topological polar surface area (TPSA) is 37.7 Å². The zero-order valence-corrected chi connectivity index (χ0v) is 47.6. The van der Waals surface area contributed by atoms with Crippen LogP contribution in [0.3, 0.4) is 0 Å². The second kappa shape index (κ2) is 17.5. The number of benzene rings is 13. The van der Waals surface area contributed by atoms with Gasteiger partial charge in [-0.05, 0) is 148 Å². The number of anilines is 6. The second-order valence-electron chi connectivity index (χ2n) is 23.0. The van der Waals surface area contributed by atoms with Gasteiger partial charge >= 0.3 is 0 Å². The van der Waals surface area contributed by atoms with Crippen molar-refractivity contribution in [3.63, 3.8) is 0 Å². The first kappa shape index (κ1) is 46.8. The van der Waals surface area contributed by atoms with Gasteiger partial charge < -0.3 is 23.2 Å². The zero-order valence-electron chi connectivity index (χ0n) is 46.0. The zero-order chi connectivity index (χ0) is 55.9. The molecule has 86 heavy (non-hydrogen) atoms. The van der Waals surface area contributed by atoms with Gasteiger partial charge in [-0.15, -0.1) is 22.7 Å². The van der Waals surface area contributed by atoms with Gasteiger partial charge in [-0.25, -0.2) is 0 Å². The van der Waals surface area contributed by atoms with E-state index in [1.165, 1.54) is 89.8 Å². The van der Waals surface area contributed by atoms with Crippen LogP contribution in [0.2, 0.25) is 0 Å². The molecule has 5 nitrogen and oxygen atoms in total. The number of aromatic nitrogens is 1. The van der Waals surface area contributed by atoms with Gasteiger partial charge in [0.25, 0.3) is 6.71 Å². The fourth-order valence-electron chi connectivity index (χ4n) is 14.9. The Balaban J connectivity index is 0.976. The molecular weight excluding hydrogens is 1090 g/mol. The summed E-state index contributed by atoms with van der Waals surface area (Å²) in [7, 11) is 0. The van der Waals surface area contributed by atoms with Gasteiger partial charge in [0, 0.05) is 95.4 Å². The van der Waals surface area contributed by atoms with Crippen LogP contribution in [0.15, 0.2) is 276 Å². The molecule has 0 saturated carbocycles. The van der Waals surface area contributed by atoms with Crippen LogP contribution >= 0.6 is 22.7 Å². The number of nitrogens with zero attached hydrogens (tertiary/aromatic N) is 3. The highest BCUT2D eigenvalue weighted by molar-refractivity contribution is 7.26. The molecule has 8 heteroatoms. The van der Waals surface area contributed by atoms with E-state index in [2.05, 4.69) is 281 Å². The Morgan fingerprint density at radius 1 is 0.279 bits per heavy atom. The van der Waals surface area contributed by atoms with Crippen molar-refractivity contribution in [3.8, 4) is 27.9 Å². The highest BCUT2D eigenvalue weighted by atomic mass is 32.1. The lowest BCUT2D eigenvalue weighted by Crippen LogP contribution is -2.61. The van der Waals surface area contributed by atoms with Crippen LogP contribution in [0.4, 0.5) is 34.1 Å². The van der Waals surface area contributed by atoms with Crippen LogP contribution in [-0.2, 0) is 0 Å². The van der Waals surface area contributed by atoms with Crippen molar-refractivity contribution >= 4 is 186 Å². The van der Waals surface area contributed by atoms with Crippen LogP contribution < -0.4 is 26.2 Å². The molecule has 7 heterocycles. The Bertz CT molecular complexity index is 5590. The molecule has 0 unspecified atom stereocenters. The molecule has 0 N–H and O–H groups in total. The molecule has 0 fully saturated rings. The Kier molecular flexibility index (Phi) is 9.51. The van der Waals surface area contributed by atoms with E-state index < -0.39 is 0 Å². The van der Waals surface area contributed by atoms with Crippen LogP contribution in [0.5, 0.6) is 0 Å². The van der Waals surface area contributed by atoms with E-state index >= 15 is 0 Å². The maximum Gasteiger partial charge on any atom is 0.252 e. The molecule has 13 aromatic carbocycles. The Labute approximate surface area is 500 Å².